The Morgan fingerprint density at radius 1 is 1.18 bits per heavy atom. The van der Waals surface area contributed by atoms with Crippen molar-refractivity contribution < 1.29 is 0 Å². The van der Waals surface area contributed by atoms with Crippen LogP contribution in [0, 0.1) is 0 Å². The van der Waals surface area contributed by atoms with Gasteiger partial charge in [-0.1, -0.05) is 24.3 Å². The predicted octanol–water partition coefficient (Wildman–Crippen LogP) is 3.47. The maximum absolute atomic E-state index is 4.63. The van der Waals surface area contributed by atoms with Crippen LogP contribution >= 0.6 is 11.3 Å². The Morgan fingerprint density at radius 2 is 1.88 bits per heavy atom. The molecule has 0 aliphatic carbocycles. The Hall–Kier alpha value is -1.45. The lowest BCUT2D eigenvalue weighted by molar-refractivity contribution is 0.327. The van der Waals surface area contributed by atoms with E-state index in [2.05, 4.69) is 41.2 Å². The summed E-state index contributed by atoms with van der Waals surface area (Å²) in [5.74, 6) is 0. The molecular weight excluding hydrogens is 228 g/mol. The first-order valence-corrected chi connectivity index (χ1v) is 6.43. The molecule has 0 spiro atoms. The fraction of sp³-hybridized carbons (Fsp3) is 0.214. The first-order chi connectivity index (χ1) is 8.33. The van der Waals surface area contributed by atoms with E-state index in [4.69, 9.17) is 0 Å². The van der Waals surface area contributed by atoms with Crippen LogP contribution in [0.4, 0.5) is 0 Å². The van der Waals surface area contributed by atoms with E-state index >= 15 is 0 Å². The molecule has 0 radical (unpaired) electrons. The van der Waals surface area contributed by atoms with Crippen LogP contribution in [0.3, 0.4) is 0 Å². The zero-order valence-electron chi connectivity index (χ0n) is 9.80. The van der Waals surface area contributed by atoms with Crippen molar-refractivity contribution in [1.82, 2.24) is 9.88 Å². The number of rotatable bonds is 6. The van der Waals surface area contributed by atoms with Gasteiger partial charge in [-0.3, -0.25) is 4.90 Å². The van der Waals surface area contributed by atoms with Gasteiger partial charge in [-0.05, 0) is 12.1 Å². The predicted molar refractivity (Wildman–Crippen MR) is 75.3 cm³/mol. The molecule has 0 N–H and O–H groups in total. The third kappa shape index (κ3) is 3.02. The van der Waals surface area contributed by atoms with E-state index in [1.807, 2.05) is 18.2 Å². The van der Waals surface area contributed by atoms with Crippen LogP contribution in [0.2, 0.25) is 0 Å². The average Bonchev–Trinajstić information content (AvgIpc) is 2.71. The minimum Gasteiger partial charge on any atom is -0.289 e. The second-order valence-corrected chi connectivity index (χ2v) is 4.96. The molecule has 0 atom stereocenters. The zero-order chi connectivity index (χ0) is 12.1. The highest BCUT2D eigenvalue weighted by molar-refractivity contribution is 7.18. The summed E-state index contributed by atoms with van der Waals surface area (Å²) in [6, 6.07) is 8.25. The zero-order valence-corrected chi connectivity index (χ0v) is 10.6. The van der Waals surface area contributed by atoms with Gasteiger partial charge in [-0.15, -0.1) is 24.5 Å². The smallest absolute Gasteiger partial charge is 0.108 e. The van der Waals surface area contributed by atoms with Crippen molar-refractivity contribution in [1.29, 1.82) is 0 Å². The van der Waals surface area contributed by atoms with Crippen LogP contribution in [0.5, 0.6) is 0 Å². The molecule has 2 aromatic rings. The first kappa shape index (κ1) is 12.0. The second-order valence-electron chi connectivity index (χ2n) is 3.85. The monoisotopic (exact) mass is 244 g/mol. The highest BCUT2D eigenvalue weighted by atomic mass is 32.1. The molecule has 0 saturated carbocycles. The summed E-state index contributed by atoms with van der Waals surface area (Å²) >= 11 is 1.76. The molecule has 0 aliphatic rings. The van der Waals surface area contributed by atoms with Crippen LogP contribution in [0.15, 0.2) is 49.6 Å². The summed E-state index contributed by atoms with van der Waals surface area (Å²) in [6.45, 7) is 10.1. The maximum atomic E-state index is 4.63. The molecule has 1 heterocycles. The summed E-state index contributed by atoms with van der Waals surface area (Å²) in [5, 5.41) is 1.15. The molecule has 1 aromatic heterocycles. The van der Waals surface area contributed by atoms with E-state index in [-0.39, 0.29) is 0 Å². The lowest BCUT2D eigenvalue weighted by atomic mass is 10.3. The molecule has 0 unspecified atom stereocenters. The number of fused-ring (bicyclic) bond motifs is 1. The minimum absolute atomic E-state index is 0.859. The van der Waals surface area contributed by atoms with Gasteiger partial charge in [-0.2, -0.15) is 0 Å². The molecule has 2 rings (SSSR count). The van der Waals surface area contributed by atoms with Gasteiger partial charge in [0.2, 0.25) is 0 Å². The fourth-order valence-electron chi connectivity index (χ4n) is 1.75. The number of nitrogens with zero attached hydrogens (tertiary/aromatic N) is 2. The maximum Gasteiger partial charge on any atom is 0.108 e. The van der Waals surface area contributed by atoms with E-state index in [0.717, 1.165) is 30.2 Å². The Bertz CT molecular complexity index is 473. The van der Waals surface area contributed by atoms with Crippen molar-refractivity contribution in [3.8, 4) is 0 Å². The second kappa shape index (κ2) is 5.75. The van der Waals surface area contributed by atoms with E-state index in [1.54, 1.807) is 11.3 Å². The summed E-state index contributed by atoms with van der Waals surface area (Å²) in [7, 11) is 0. The van der Waals surface area contributed by atoms with E-state index in [0.29, 0.717) is 0 Å². The molecule has 88 valence electrons. The lowest BCUT2D eigenvalue weighted by Gasteiger charge is -2.16. The normalized spacial score (nSPS) is 10.9. The quantitative estimate of drug-likeness (QED) is 0.723. The van der Waals surface area contributed by atoms with Crippen molar-refractivity contribution in [2.45, 2.75) is 6.54 Å². The van der Waals surface area contributed by atoms with Gasteiger partial charge in [0.25, 0.3) is 0 Å². The third-order valence-corrected chi connectivity index (χ3v) is 3.49. The Morgan fingerprint density at radius 3 is 2.53 bits per heavy atom. The number of aromatic nitrogens is 1. The van der Waals surface area contributed by atoms with Crippen LogP contribution in [0.1, 0.15) is 5.01 Å². The van der Waals surface area contributed by atoms with E-state index in [1.165, 1.54) is 4.70 Å². The Balaban J connectivity index is 2.15. The van der Waals surface area contributed by atoms with Gasteiger partial charge >= 0.3 is 0 Å². The largest absolute Gasteiger partial charge is 0.289 e. The van der Waals surface area contributed by atoms with Crippen molar-refractivity contribution in [2.24, 2.45) is 0 Å². The molecule has 0 amide bonds. The van der Waals surface area contributed by atoms with Gasteiger partial charge in [0.05, 0.1) is 16.8 Å². The summed E-state index contributed by atoms with van der Waals surface area (Å²) in [4.78, 5) is 6.89. The topological polar surface area (TPSA) is 16.1 Å². The molecule has 0 aliphatic heterocycles. The SMILES string of the molecule is C=CCN(CC=C)Cc1nc2ccccc2s1. The van der Waals surface area contributed by atoms with Crippen LogP contribution < -0.4 is 0 Å². The van der Waals surface area contributed by atoms with Crippen molar-refractivity contribution in [2.75, 3.05) is 13.1 Å². The number of para-hydroxylation sites is 1. The Labute approximate surface area is 106 Å². The summed E-state index contributed by atoms with van der Waals surface area (Å²) in [6.07, 6.45) is 3.83. The van der Waals surface area contributed by atoms with Gasteiger partial charge in [-0.25, -0.2) is 4.98 Å². The van der Waals surface area contributed by atoms with Gasteiger partial charge < -0.3 is 0 Å². The lowest BCUT2D eigenvalue weighted by Crippen LogP contribution is -2.23. The molecular formula is C14H16N2S. The van der Waals surface area contributed by atoms with E-state index < -0.39 is 0 Å². The standard InChI is InChI=1S/C14H16N2S/c1-3-9-16(10-4-2)11-14-15-12-7-5-6-8-13(12)17-14/h3-8H,1-2,9-11H2. The number of thiazole rings is 1. The number of hydrogen-bond donors (Lipinski definition) is 0. The third-order valence-electron chi connectivity index (χ3n) is 2.47. The molecule has 0 fully saturated rings. The van der Waals surface area contributed by atoms with Crippen LogP contribution in [-0.2, 0) is 6.54 Å². The number of benzene rings is 1. The van der Waals surface area contributed by atoms with Gasteiger partial charge in [0, 0.05) is 13.1 Å². The highest BCUT2D eigenvalue weighted by Crippen LogP contribution is 2.22. The minimum atomic E-state index is 0.859. The molecule has 3 heteroatoms. The average molecular weight is 244 g/mol. The van der Waals surface area contributed by atoms with E-state index in [9.17, 15) is 0 Å². The van der Waals surface area contributed by atoms with Gasteiger partial charge in [0.15, 0.2) is 0 Å². The highest BCUT2D eigenvalue weighted by Gasteiger charge is 2.07. The van der Waals surface area contributed by atoms with Crippen molar-refractivity contribution >= 4 is 21.6 Å². The van der Waals surface area contributed by atoms with Crippen LogP contribution in [0.25, 0.3) is 10.2 Å². The molecule has 17 heavy (non-hydrogen) atoms. The Kier molecular flexibility index (Phi) is 4.07. The molecule has 1 aromatic carbocycles. The van der Waals surface area contributed by atoms with Crippen molar-refractivity contribution in [3.63, 3.8) is 0 Å². The van der Waals surface area contributed by atoms with Crippen molar-refractivity contribution in [3.05, 3.63) is 54.6 Å². The first-order valence-electron chi connectivity index (χ1n) is 5.62. The van der Waals surface area contributed by atoms with Crippen LogP contribution in [-0.4, -0.2) is 23.0 Å². The molecule has 0 saturated heterocycles. The summed E-state index contributed by atoms with van der Waals surface area (Å²) in [5.41, 5.74) is 1.09. The van der Waals surface area contributed by atoms with Gasteiger partial charge in [0.1, 0.15) is 5.01 Å². The molecule has 0 bridgehead atoms. The summed E-state index contributed by atoms with van der Waals surface area (Å²) < 4.78 is 1.25. The fourth-order valence-corrected chi connectivity index (χ4v) is 2.76. The number of hydrogen-bond acceptors (Lipinski definition) is 3. The molecule has 2 nitrogen and oxygen atoms in total.